The van der Waals surface area contributed by atoms with Crippen molar-refractivity contribution in [2.45, 2.75) is 0 Å². The van der Waals surface area contributed by atoms with E-state index in [9.17, 15) is 19.8 Å². The summed E-state index contributed by atoms with van der Waals surface area (Å²) in [6, 6.07) is 17.2. The molecule has 0 saturated carbocycles. The molecule has 7 rings (SSSR count). The Morgan fingerprint density at radius 1 is 0.673 bits per heavy atom. The van der Waals surface area contributed by atoms with Gasteiger partial charge in [-0.1, -0.05) is 5.57 Å². The predicted octanol–water partition coefficient (Wildman–Crippen LogP) is 6.62. The molecule has 52 heavy (non-hydrogen) atoms. The molecule has 0 bridgehead atoms. The van der Waals surface area contributed by atoms with Gasteiger partial charge in [-0.15, -0.1) is 0 Å². The Morgan fingerprint density at radius 2 is 1.17 bits per heavy atom. The number of aromatic nitrogens is 5. The number of nitrogens with one attached hydrogen (secondary N) is 4. The van der Waals surface area contributed by atoms with E-state index >= 15 is 0 Å². The fourth-order valence-electron chi connectivity index (χ4n) is 5.87. The number of H-pyrrole nitrogens is 3. The molecule has 0 unspecified atom stereocenters. The van der Waals surface area contributed by atoms with Crippen LogP contribution in [0.25, 0.3) is 22.5 Å². The van der Waals surface area contributed by atoms with Crippen molar-refractivity contribution in [3.05, 3.63) is 191 Å². The molecule has 5 aromatic rings. The van der Waals surface area contributed by atoms with E-state index in [1.165, 1.54) is 12.4 Å². The third-order valence-corrected chi connectivity index (χ3v) is 10.0. The third-order valence-electron chi connectivity index (χ3n) is 8.43. The van der Waals surface area contributed by atoms with Gasteiger partial charge in [0.1, 0.15) is 0 Å². The number of benzene rings is 2. The number of imidazole rings is 2. The van der Waals surface area contributed by atoms with Crippen molar-refractivity contribution in [3.8, 4) is 0 Å². The summed E-state index contributed by atoms with van der Waals surface area (Å²) in [6.45, 7) is 5.76. The van der Waals surface area contributed by atoms with Crippen molar-refractivity contribution in [2.24, 2.45) is 9.98 Å². The number of carboxylic acid groups (broad SMARTS) is 2. The Hall–Kier alpha value is -6.85. The molecule has 0 aliphatic carbocycles. The van der Waals surface area contributed by atoms with Gasteiger partial charge in [-0.25, -0.2) is 9.78 Å². The zero-order valence-corrected chi connectivity index (χ0v) is 30.2. The summed E-state index contributed by atoms with van der Waals surface area (Å²) in [5.41, 5.74) is 17.5. The topological polar surface area (TPSA) is 196 Å². The first kappa shape index (κ1) is 33.6. The molecular weight excluding hydrogens is 710 g/mol. The quantitative estimate of drug-likeness (QED) is 0.0574. The first-order valence-electron chi connectivity index (χ1n) is 15.8. The number of aliphatic imine (C=N–C) groups is 2. The van der Waals surface area contributed by atoms with Gasteiger partial charge in [-0.3, -0.25) is 18.4 Å². The molecule has 5 heterocycles. The minimum absolute atomic E-state index is 0.0539. The first-order valence-corrected chi connectivity index (χ1v) is 17.3. The Bertz CT molecular complexity index is 2470. The van der Waals surface area contributed by atoms with E-state index in [0.717, 1.165) is 44.5 Å². The van der Waals surface area contributed by atoms with Crippen LogP contribution >= 0.6 is 0 Å². The van der Waals surface area contributed by atoms with Crippen molar-refractivity contribution in [2.75, 3.05) is 0 Å². The van der Waals surface area contributed by atoms with Crippen molar-refractivity contribution >= 4 is 44.2 Å². The summed E-state index contributed by atoms with van der Waals surface area (Å²) in [7, 11) is 0. The number of nitrogens with zero attached hydrogens (tertiary/aromatic N) is 4. The molecule has 0 spiro atoms. The second-order valence-corrected chi connectivity index (χ2v) is 13.1. The minimum atomic E-state index is -1.04. The normalized spacial score (nSPS) is 16.0. The maximum absolute atomic E-state index is 11.7. The van der Waals surface area contributed by atoms with E-state index in [1.807, 2.05) is 30.4 Å². The Morgan fingerprint density at radius 3 is 1.73 bits per heavy atom. The molecule has 2 aliphatic rings. The summed E-state index contributed by atoms with van der Waals surface area (Å²) in [6.07, 6.45) is 15.3. The smallest absolute Gasteiger partial charge is 0.351 e. The summed E-state index contributed by atoms with van der Waals surface area (Å²) in [4.78, 5) is 51.3. The molecule has 12 nitrogen and oxygen atoms in total. The van der Waals surface area contributed by atoms with E-state index in [4.69, 9.17) is 22.3 Å². The van der Waals surface area contributed by atoms with E-state index in [1.54, 1.807) is 73.3 Å². The monoisotopic (exact) mass is 734 g/mol. The van der Waals surface area contributed by atoms with E-state index < -0.39 is 11.9 Å². The predicted molar refractivity (Wildman–Crippen MR) is 194 cm³/mol. The van der Waals surface area contributed by atoms with E-state index in [2.05, 4.69) is 24.9 Å². The van der Waals surface area contributed by atoms with Crippen LogP contribution in [0.15, 0.2) is 143 Å². The van der Waals surface area contributed by atoms with Gasteiger partial charge in [-0.2, -0.15) is 0 Å². The van der Waals surface area contributed by atoms with Gasteiger partial charge in [0.25, 0.3) is 0 Å². The number of hydrogen-bond acceptors (Lipinski definition) is 6. The molecule has 0 radical (unpaired) electrons. The van der Waals surface area contributed by atoms with Crippen LogP contribution in [0.2, 0.25) is 0 Å². The van der Waals surface area contributed by atoms with Gasteiger partial charge in [0.15, 0.2) is 0 Å². The van der Waals surface area contributed by atoms with Crippen LogP contribution in [-0.4, -0.2) is 62.6 Å². The van der Waals surface area contributed by atoms with Crippen molar-refractivity contribution < 1.29 is 37.7 Å². The molecule has 2 aromatic carbocycles. The number of aromatic carboxylic acids is 2. The Kier molecular flexibility index (Phi) is 9.17. The molecular formula is C39H26N8O4Zn-2. The molecule has 2 aliphatic heterocycles. The van der Waals surface area contributed by atoms with E-state index in [-0.39, 0.29) is 16.8 Å². The molecule has 0 atom stereocenters. The summed E-state index contributed by atoms with van der Waals surface area (Å²) in [5.74, 6) is -2.02. The first-order chi connectivity index (χ1) is 25.2. The zero-order chi connectivity index (χ0) is 36.4. The number of hydrogen-bond donors (Lipinski definition) is 5. The summed E-state index contributed by atoms with van der Waals surface area (Å²) < 4.78 is 1.00. The van der Waals surface area contributed by atoms with Crippen molar-refractivity contribution in [1.82, 2.24) is 24.9 Å². The van der Waals surface area contributed by atoms with Crippen LogP contribution in [0.4, 0.5) is 0 Å². The minimum Gasteiger partial charge on any atom is -0.351 e. The molecule has 0 fully saturated rings. The van der Waals surface area contributed by atoms with Gasteiger partial charge >= 0.3 is 234 Å². The van der Waals surface area contributed by atoms with Crippen LogP contribution in [0, 0.1) is 6.58 Å². The van der Waals surface area contributed by atoms with Crippen molar-refractivity contribution in [3.63, 3.8) is 0 Å². The van der Waals surface area contributed by atoms with Crippen LogP contribution in [0.3, 0.4) is 0 Å². The fraction of sp³-hybridized carbons (Fsp3) is 0. The summed E-state index contributed by atoms with van der Waals surface area (Å²) >= 11 is 0.795. The number of carboxylic acids is 2. The second-order valence-electron chi connectivity index (χ2n) is 11.6. The average molecular weight is 736 g/mol. The maximum atomic E-state index is 11.7. The number of aromatic amines is 3. The Balaban J connectivity index is 1.33. The number of rotatable bonds is 11. The average Bonchev–Trinajstić information content (AvgIpc) is 4.01. The van der Waals surface area contributed by atoms with Gasteiger partial charge in [0.2, 0.25) is 0 Å². The summed E-state index contributed by atoms with van der Waals surface area (Å²) in [5, 5.41) is 18.9. The molecule has 13 heteroatoms. The van der Waals surface area contributed by atoms with Gasteiger partial charge in [-0.05, 0) is 0 Å². The van der Waals surface area contributed by atoms with Crippen molar-refractivity contribution in [1.29, 1.82) is 0 Å². The van der Waals surface area contributed by atoms with Gasteiger partial charge < -0.3 is 15.8 Å². The molecule has 3 aromatic heterocycles. The van der Waals surface area contributed by atoms with Crippen LogP contribution in [0.1, 0.15) is 54.6 Å². The molecule has 250 valence electrons. The molecule has 0 amide bonds. The number of carbonyl (C=O) groups is 2. The zero-order valence-electron chi connectivity index (χ0n) is 27.3. The van der Waals surface area contributed by atoms with Crippen LogP contribution < -0.4 is 0 Å². The molecule has 0 saturated heterocycles. The van der Waals surface area contributed by atoms with Crippen LogP contribution in [0.5, 0.6) is 0 Å². The van der Waals surface area contributed by atoms with Gasteiger partial charge in [0, 0.05) is 6.20 Å². The fourth-order valence-corrected chi connectivity index (χ4v) is 6.78. The van der Waals surface area contributed by atoms with Crippen LogP contribution in [-0.2, 0) is 17.9 Å². The number of allylic oxidation sites excluding steroid dienone is 6. The van der Waals surface area contributed by atoms with Gasteiger partial charge in [0.05, 0.1) is 17.6 Å². The standard InChI is InChI=1S/C39H27N8O4.Zn/c1-2-27(40)36(33-18-41-20-43-33)30-15-13-28(46-30)35(23-7-9-25(10-8-23)39(50)51)29-14-16-32(47-29)37(34-19-42-21-44-34)31-12-11-26(45-31)17-22-3-5-24(6-4-22)38(48)49;/h1-16,18-21H,(H7,40,41,42,43,44,45,46,47,48,49,50,51);/q-1;/p-1. The second kappa shape index (κ2) is 14.2. The third kappa shape index (κ3) is 6.56. The molecule has 6 N–H and O–H groups in total. The van der Waals surface area contributed by atoms with E-state index in [0.29, 0.717) is 50.9 Å². The SMILES string of the molecule is [CH-]=C/C([NH-])=C(C1=N/C(=C(/c2ccc(C(=O)O)cc2)c2ccc(/C(=C3/C=CC([C](=[Zn])c4ccc(C(=O)O)cc4)=N3)c3c[nH]cn3)[nH]2)C=C1)\c1c[nH]cn1. The Labute approximate surface area is 306 Å².